The molecule has 2 unspecified atom stereocenters. The molecule has 0 bridgehead atoms. The number of carbonyl (C=O) groups excluding carboxylic acids is 1. The van der Waals surface area contributed by atoms with Gasteiger partial charge in [0.25, 0.3) is 25.8 Å². The number of aliphatic hydroxyl groups excluding tert-OH is 2. The molecule has 346 valence electrons. The summed E-state index contributed by atoms with van der Waals surface area (Å²) in [4.78, 5) is 16.3. The molecular formula is C47H50ClF3N4O7S3. The maximum Gasteiger partial charge on any atom is 0.501 e. The van der Waals surface area contributed by atoms with Crippen LogP contribution in [0.4, 0.5) is 24.5 Å². The van der Waals surface area contributed by atoms with Gasteiger partial charge >= 0.3 is 5.51 Å². The molecule has 65 heavy (non-hydrogen) atoms. The number of rotatable bonds is 17. The summed E-state index contributed by atoms with van der Waals surface area (Å²) in [5.41, 5.74) is -2.79. The van der Waals surface area contributed by atoms with Crippen molar-refractivity contribution in [2.24, 2.45) is 5.92 Å². The topological polar surface area (TPSA) is 156 Å². The van der Waals surface area contributed by atoms with Crippen molar-refractivity contribution in [3.05, 3.63) is 137 Å². The summed E-state index contributed by atoms with van der Waals surface area (Å²) in [5.74, 6) is -0.759. The Hall–Kier alpha value is -4.62. The van der Waals surface area contributed by atoms with Gasteiger partial charge in [-0.25, -0.2) is 21.6 Å². The number of likely N-dealkylation sites (tertiary alicyclic amines) is 1. The monoisotopic (exact) mass is 970 g/mol. The molecule has 0 aromatic heterocycles. The zero-order valence-electron chi connectivity index (χ0n) is 35.2. The summed E-state index contributed by atoms with van der Waals surface area (Å²) in [6, 6.07) is 32.4. The molecule has 2 aliphatic rings. The van der Waals surface area contributed by atoms with Crippen LogP contribution in [0.15, 0.2) is 136 Å². The Morgan fingerprint density at radius 2 is 1.52 bits per heavy atom. The van der Waals surface area contributed by atoms with E-state index in [-0.39, 0.29) is 24.1 Å². The van der Waals surface area contributed by atoms with E-state index in [1.165, 1.54) is 23.9 Å². The molecule has 0 aliphatic carbocycles. The number of hydrogen-bond donors (Lipinski definition) is 4. The molecule has 0 radical (unpaired) electrons. The molecule has 2 aliphatic heterocycles. The Kier molecular flexibility index (Phi) is 15.5. The summed E-state index contributed by atoms with van der Waals surface area (Å²) in [5, 5.41) is 24.7. The van der Waals surface area contributed by atoms with E-state index in [0.717, 1.165) is 58.8 Å². The number of thioether (sulfide) groups is 1. The summed E-state index contributed by atoms with van der Waals surface area (Å²) < 4.78 is 97.9. The molecule has 7 rings (SSSR count). The minimum atomic E-state index is -6.10. The first-order valence-electron chi connectivity index (χ1n) is 21.2. The number of amides is 1. The van der Waals surface area contributed by atoms with Gasteiger partial charge in [-0.3, -0.25) is 9.69 Å². The van der Waals surface area contributed by atoms with Crippen LogP contribution in [0.1, 0.15) is 54.1 Å². The minimum absolute atomic E-state index is 0.0215. The van der Waals surface area contributed by atoms with Gasteiger partial charge in [-0.1, -0.05) is 66.2 Å². The Morgan fingerprint density at radius 1 is 0.846 bits per heavy atom. The number of aliphatic hydroxyl groups is 2. The highest BCUT2D eigenvalue weighted by molar-refractivity contribution is 7.99. The summed E-state index contributed by atoms with van der Waals surface area (Å²) in [6.45, 7) is 2.28. The van der Waals surface area contributed by atoms with Crippen molar-refractivity contribution in [1.29, 1.82) is 0 Å². The van der Waals surface area contributed by atoms with E-state index in [1.807, 2.05) is 83.6 Å². The maximum atomic E-state index is 14.2. The van der Waals surface area contributed by atoms with Crippen molar-refractivity contribution in [2.75, 3.05) is 48.8 Å². The van der Waals surface area contributed by atoms with E-state index >= 15 is 0 Å². The van der Waals surface area contributed by atoms with Crippen LogP contribution in [0.5, 0.6) is 0 Å². The van der Waals surface area contributed by atoms with Gasteiger partial charge in [0.05, 0.1) is 23.3 Å². The molecule has 0 saturated carbocycles. The van der Waals surface area contributed by atoms with Crippen molar-refractivity contribution < 1.29 is 45.0 Å². The third-order valence-corrected chi connectivity index (χ3v) is 16.3. The van der Waals surface area contributed by atoms with E-state index in [0.29, 0.717) is 55.7 Å². The first kappa shape index (κ1) is 48.3. The average molecular weight is 972 g/mol. The number of nitrogens with one attached hydrogen (secondary N) is 2. The van der Waals surface area contributed by atoms with E-state index < -0.39 is 58.9 Å². The zero-order valence-corrected chi connectivity index (χ0v) is 38.4. The van der Waals surface area contributed by atoms with Crippen molar-refractivity contribution in [3.8, 4) is 11.1 Å². The van der Waals surface area contributed by atoms with Gasteiger partial charge < -0.3 is 20.4 Å². The Morgan fingerprint density at radius 3 is 2.20 bits per heavy atom. The Bertz CT molecular complexity index is 2640. The number of nitrogens with zero attached hydrogens (tertiary/aromatic N) is 2. The molecule has 1 amide bonds. The van der Waals surface area contributed by atoms with E-state index in [9.17, 15) is 45.0 Å². The molecule has 11 nitrogen and oxygen atoms in total. The summed E-state index contributed by atoms with van der Waals surface area (Å²) in [7, 11) is -11.0. The molecule has 18 heteroatoms. The molecule has 2 fully saturated rings. The van der Waals surface area contributed by atoms with Gasteiger partial charge in [-0.15, -0.1) is 11.8 Å². The van der Waals surface area contributed by atoms with Crippen LogP contribution in [0.25, 0.3) is 11.1 Å². The highest BCUT2D eigenvalue weighted by Crippen LogP contribution is 2.39. The van der Waals surface area contributed by atoms with Gasteiger partial charge in [0.2, 0.25) is 0 Å². The normalized spacial score (nSPS) is 17.4. The summed E-state index contributed by atoms with van der Waals surface area (Å²) >= 11 is 7.52. The van der Waals surface area contributed by atoms with Crippen LogP contribution in [-0.2, 0) is 19.9 Å². The number of piperidine rings is 1. The van der Waals surface area contributed by atoms with Crippen molar-refractivity contribution in [2.45, 2.75) is 70.5 Å². The number of anilines is 2. The fraction of sp³-hybridized carbons (Fsp3) is 0.340. The lowest BCUT2D eigenvalue weighted by atomic mass is 9.84. The second-order valence-corrected chi connectivity index (χ2v) is 21.3. The number of sulfone groups is 1. The van der Waals surface area contributed by atoms with Gasteiger partial charge in [0.1, 0.15) is 4.90 Å². The number of carbonyl (C=O) groups is 1. The fourth-order valence-electron chi connectivity index (χ4n) is 8.59. The smallest absolute Gasteiger partial charge is 0.395 e. The largest absolute Gasteiger partial charge is 0.501 e. The molecule has 5 aromatic carbocycles. The van der Waals surface area contributed by atoms with Gasteiger partial charge in [0.15, 0.2) is 0 Å². The van der Waals surface area contributed by atoms with Crippen LogP contribution >= 0.6 is 23.4 Å². The van der Waals surface area contributed by atoms with Crippen molar-refractivity contribution in [3.63, 3.8) is 0 Å². The molecule has 4 N–H and O–H groups in total. The van der Waals surface area contributed by atoms with Crippen LogP contribution in [0.3, 0.4) is 0 Å². The van der Waals surface area contributed by atoms with Crippen LogP contribution in [0.2, 0.25) is 5.02 Å². The first-order chi connectivity index (χ1) is 31.0. The highest BCUT2D eigenvalue weighted by Gasteiger charge is 2.48. The number of sulfonamides is 1. The average Bonchev–Trinajstić information content (AvgIpc) is 3.74. The number of β-amino-alcohol motifs (C(OH)–C–C–N with tert-alkyl or cyclic N) is 1. The van der Waals surface area contributed by atoms with Gasteiger partial charge in [0, 0.05) is 58.6 Å². The molecule has 2 heterocycles. The van der Waals surface area contributed by atoms with Gasteiger partial charge in [-0.2, -0.15) is 13.2 Å². The predicted molar refractivity (Wildman–Crippen MR) is 248 cm³/mol. The zero-order chi connectivity index (χ0) is 46.4. The lowest BCUT2D eigenvalue weighted by molar-refractivity contribution is -0.0435. The second kappa shape index (κ2) is 20.9. The lowest BCUT2D eigenvalue weighted by Crippen LogP contribution is -2.38. The minimum Gasteiger partial charge on any atom is -0.395 e. The van der Waals surface area contributed by atoms with E-state index in [2.05, 4.69) is 15.1 Å². The number of hydrogen-bond acceptors (Lipinski definition) is 11. The second-order valence-electron chi connectivity index (χ2n) is 16.2. The van der Waals surface area contributed by atoms with Crippen LogP contribution in [0, 0.1) is 5.92 Å². The maximum absolute atomic E-state index is 14.2. The molecule has 0 spiro atoms. The number of halogens is 4. The summed E-state index contributed by atoms with van der Waals surface area (Å²) in [6.07, 6.45) is 2.67. The first-order valence-corrected chi connectivity index (χ1v) is 25.6. The highest BCUT2D eigenvalue weighted by atomic mass is 35.5. The Labute approximate surface area is 387 Å². The molecular weight excluding hydrogens is 921 g/mol. The number of benzene rings is 5. The van der Waals surface area contributed by atoms with Crippen molar-refractivity contribution >= 4 is 60.5 Å². The quantitative estimate of drug-likeness (QED) is 0.0661. The Balaban J connectivity index is 1.04. The SMILES string of the molecule is O=C(NS(=O)(=O)c1ccc(NC(CSc2ccccc2)C[C@H]2CCCN2CCO)c(S(=O)(=O)C(F)(F)F)c1)c1ccc(N2CCC(C(O)c3ccccc3-c3ccc(Cl)cc3)CC2)cc1. The predicted octanol–water partition coefficient (Wildman–Crippen LogP) is 8.79. The standard InChI is InChI=1S/C47H50ClF3N4O7S3/c48-35-16-12-32(13-17-35)41-10-4-5-11-42(41)45(57)33-22-25-55(26-23-33)37-18-14-34(15-19-37)46(58)53-65(61,62)40-20-21-43(44(30-40)64(59,60)47(49,50)51)52-36(31-63-39-8-2-1-3-9-39)29-38-7-6-24-54(38)27-28-56/h1-5,8-21,30,33,36,38,45,52,56-57H,6-7,22-29,31H2,(H,53,58)/t36?,38-,45?/m1/s1. The molecule has 5 aromatic rings. The third-order valence-electron chi connectivity index (χ3n) is 12.0. The number of alkyl halides is 3. The fourth-order valence-corrected chi connectivity index (χ4v) is 11.7. The van der Waals surface area contributed by atoms with Gasteiger partial charge in [-0.05, 0) is 128 Å². The third kappa shape index (κ3) is 11.7. The van der Waals surface area contributed by atoms with Crippen molar-refractivity contribution in [1.82, 2.24) is 9.62 Å². The molecule has 3 atom stereocenters. The van der Waals surface area contributed by atoms with E-state index in [4.69, 9.17) is 11.6 Å². The lowest BCUT2D eigenvalue weighted by Gasteiger charge is -2.36. The van der Waals surface area contributed by atoms with Crippen LogP contribution in [-0.4, -0.2) is 94.0 Å². The van der Waals surface area contributed by atoms with Crippen LogP contribution < -0.4 is 14.9 Å². The van der Waals surface area contributed by atoms with E-state index in [1.54, 1.807) is 12.1 Å². The molecule has 2 saturated heterocycles.